The van der Waals surface area contributed by atoms with Gasteiger partial charge in [0.15, 0.2) is 0 Å². The molecule has 0 atom stereocenters. The van der Waals surface area contributed by atoms with Gasteiger partial charge in [-0.3, -0.25) is 14.9 Å². The van der Waals surface area contributed by atoms with Crippen molar-refractivity contribution >= 4 is 17.8 Å². The molecule has 1 N–H and O–H groups in total. The van der Waals surface area contributed by atoms with Crippen molar-refractivity contribution in [2.24, 2.45) is 5.10 Å². The lowest BCUT2D eigenvalue weighted by atomic mass is 10.1. The van der Waals surface area contributed by atoms with Crippen LogP contribution in [0, 0.1) is 27.3 Å². The normalized spacial score (nSPS) is 10.6. The lowest BCUT2D eigenvalue weighted by Crippen LogP contribution is -2.19. The van der Waals surface area contributed by atoms with Gasteiger partial charge in [0.1, 0.15) is 23.1 Å². The number of furan rings is 1. The molecule has 0 aliphatic rings. The molecule has 0 spiro atoms. The summed E-state index contributed by atoms with van der Waals surface area (Å²) in [5, 5.41) is 23.4. The fraction of sp³-hybridized carbons (Fsp3) is 0.0500. The van der Waals surface area contributed by atoms with Crippen LogP contribution in [0.25, 0.3) is 11.3 Å². The van der Waals surface area contributed by atoms with E-state index in [2.05, 4.69) is 10.5 Å². The molecule has 0 fully saturated rings. The molecule has 3 aromatic rings. The number of amides is 1. The molecule has 0 aliphatic carbocycles. The monoisotopic (exact) mass is 408 g/mol. The first-order valence-corrected chi connectivity index (χ1v) is 8.38. The van der Waals surface area contributed by atoms with E-state index in [1.165, 1.54) is 49.7 Å². The molecule has 9 nitrogen and oxygen atoms in total. The Morgan fingerprint density at radius 1 is 1.30 bits per heavy atom. The number of halogens is 1. The Kier molecular flexibility index (Phi) is 5.84. The largest absolute Gasteiger partial charge is 0.496 e. The summed E-state index contributed by atoms with van der Waals surface area (Å²) in [6, 6.07) is 12.4. The fourth-order valence-corrected chi connectivity index (χ4v) is 2.55. The smallest absolute Gasteiger partial charge is 0.274 e. The van der Waals surface area contributed by atoms with E-state index in [1.807, 2.05) is 0 Å². The quantitative estimate of drug-likeness (QED) is 0.376. The van der Waals surface area contributed by atoms with Gasteiger partial charge in [-0.25, -0.2) is 9.82 Å². The summed E-state index contributed by atoms with van der Waals surface area (Å²) >= 11 is 0. The second-order valence-corrected chi connectivity index (χ2v) is 5.85. The van der Waals surface area contributed by atoms with Crippen molar-refractivity contribution in [2.45, 2.75) is 0 Å². The van der Waals surface area contributed by atoms with Crippen molar-refractivity contribution in [1.29, 1.82) is 5.26 Å². The second kappa shape index (κ2) is 8.66. The van der Waals surface area contributed by atoms with E-state index >= 15 is 0 Å². The fourth-order valence-electron chi connectivity index (χ4n) is 2.55. The lowest BCUT2D eigenvalue weighted by molar-refractivity contribution is -0.384. The minimum Gasteiger partial charge on any atom is -0.496 e. The minimum atomic E-state index is -0.847. The Balaban J connectivity index is 1.75. The molecular weight excluding hydrogens is 395 g/mol. The van der Waals surface area contributed by atoms with Crippen LogP contribution < -0.4 is 10.2 Å². The van der Waals surface area contributed by atoms with Gasteiger partial charge < -0.3 is 9.15 Å². The third-order valence-corrected chi connectivity index (χ3v) is 3.99. The van der Waals surface area contributed by atoms with E-state index in [4.69, 9.17) is 14.4 Å². The Morgan fingerprint density at radius 2 is 2.10 bits per heavy atom. The van der Waals surface area contributed by atoms with Gasteiger partial charge in [-0.2, -0.15) is 10.4 Å². The molecule has 150 valence electrons. The molecule has 1 amide bonds. The molecule has 0 bridgehead atoms. The predicted octanol–water partition coefficient (Wildman–Crippen LogP) is 3.64. The van der Waals surface area contributed by atoms with Crippen molar-refractivity contribution in [3.63, 3.8) is 0 Å². The average molecular weight is 408 g/mol. The van der Waals surface area contributed by atoms with Crippen molar-refractivity contribution in [3.05, 3.63) is 81.3 Å². The number of methoxy groups -OCH3 is 1. The number of ether oxygens (including phenoxy) is 1. The first-order valence-electron chi connectivity index (χ1n) is 8.38. The molecule has 30 heavy (non-hydrogen) atoms. The predicted molar refractivity (Wildman–Crippen MR) is 104 cm³/mol. The number of benzene rings is 2. The van der Waals surface area contributed by atoms with Crippen LogP contribution in [0.5, 0.6) is 5.75 Å². The highest BCUT2D eigenvalue weighted by Crippen LogP contribution is 2.34. The summed E-state index contributed by atoms with van der Waals surface area (Å²) < 4.78 is 24.6. The summed E-state index contributed by atoms with van der Waals surface area (Å²) in [4.78, 5) is 22.5. The van der Waals surface area contributed by atoms with Crippen molar-refractivity contribution in [2.75, 3.05) is 7.11 Å². The van der Waals surface area contributed by atoms with Crippen molar-refractivity contribution < 1.29 is 23.3 Å². The molecule has 10 heteroatoms. The third-order valence-electron chi connectivity index (χ3n) is 3.99. The van der Waals surface area contributed by atoms with Gasteiger partial charge in [-0.05, 0) is 36.4 Å². The summed E-state index contributed by atoms with van der Waals surface area (Å²) in [6.07, 6.45) is 1.19. The highest BCUT2D eigenvalue weighted by Gasteiger charge is 2.16. The van der Waals surface area contributed by atoms with Crippen molar-refractivity contribution in [1.82, 2.24) is 5.43 Å². The number of carbonyl (C=O) groups is 1. The van der Waals surface area contributed by atoms with E-state index < -0.39 is 16.6 Å². The zero-order valence-corrected chi connectivity index (χ0v) is 15.5. The molecule has 2 aromatic carbocycles. The van der Waals surface area contributed by atoms with E-state index in [9.17, 15) is 19.3 Å². The van der Waals surface area contributed by atoms with Crippen LogP contribution in [-0.2, 0) is 0 Å². The number of hydrogen-bond acceptors (Lipinski definition) is 7. The number of nitrogens with zero attached hydrogens (tertiary/aromatic N) is 3. The number of non-ortho nitro benzene ring substituents is 1. The highest BCUT2D eigenvalue weighted by molar-refractivity contribution is 5.95. The Morgan fingerprint density at radius 3 is 2.77 bits per heavy atom. The summed E-state index contributed by atoms with van der Waals surface area (Å²) in [5.74, 6) is -0.746. The number of carbonyl (C=O) groups excluding carboxylic acids is 1. The number of rotatable bonds is 6. The SMILES string of the molecule is COc1ccc([N+](=O)[O-])cc1-c1ccc(/C=N\NC(=O)c2ccc(C#N)cc2F)o1. The Labute approximate surface area is 169 Å². The zero-order valence-electron chi connectivity index (χ0n) is 15.5. The Hall–Kier alpha value is -4.52. The maximum absolute atomic E-state index is 13.8. The van der Waals surface area contributed by atoms with E-state index in [0.717, 1.165) is 6.07 Å². The van der Waals surface area contributed by atoms with E-state index in [0.29, 0.717) is 17.1 Å². The summed E-state index contributed by atoms with van der Waals surface area (Å²) in [6.45, 7) is 0. The van der Waals surface area contributed by atoms with Gasteiger partial charge in [0, 0.05) is 12.1 Å². The first kappa shape index (κ1) is 20.2. The second-order valence-electron chi connectivity index (χ2n) is 5.85. The zero-order chi connectivity index (χ0) is 21.7. The molecule has 0 unspecified atom stereocenters. The Bertz CT molecular complexity index is 1200. The number of nitriles is 1. The van der Waals surface area contributed by atoms with Crippen molar-refractivity contribution in [3.8, 4) is 23.1 Å². The standard InChI is InChI=1S/C20H13FN4O5/c1-29-18-6-3-13(25(27)28)9-16(18)19-7-4-14(30-19)11-23-24-20(26)15-5-2-12(10-22)8-17(15)21/h2-9,11H,1H3,(H,24,26)/b23-11-. The average Bonchev–Trinajstić information content (AvgIpc) is 3.21. The van der Waals surface area contributed by atoms with Crippen LogP contribution >= 0.6 is 0 Å². The van der Waals surface area contributed by atoms with Crippen LogP contribution in [0.15, 0.2) is 58.0 Å². The van der Waals surface area contributed by atoms with Gasteiger partial charge in [0.2, 0.25) is 0 Å². The molecule has 1 aromatic heterocycles. The van der Waals surface area contributed by atoms with Gasteiger partial charge >= 0.3 is 0 Å². The van der Waals surface area contributed by atoms with Gasteiger partial charge in [-0.1, -0.05) is 0 Å². The van der Waals surface area contributed by atoms with Crippen LogP contribution in [0.1, 0.15) is 21.7 Å². The third kappa shape index (κ3) is 4.31. The maximum atomic E-state index is 13.8. The molecule has 0 saturated heterocycles. The molecule has 0 saturated carbocycles. The van der Waals surface area contributed by atoms with Crippen LogP contribution in [0.2, 0.25) is 0 Å². The lowest BCUT2D eigenvalue weighted by Gasteiger charge is -2.05. The van der Waals surface area contributed by atoms with E-state index in [1.54, 1.807) is 12.1 Å². The summed E-state index contributed by atoms with van der Waals surface area (Å²) in [5.41, 5.74) is 2.21. The summed E-state index contributed by atoms with van der Waals surface area (Å²) in [7, 11) is 1.42. The molecule has 1 heterocycles. The van der Waals surface area contributed by atoms with Gasteiger partial charge in [-0.15, -0.1) is 0 Å². The number of hydrogen-bond donors (Lipinski definition) is 1. The topological polar surface area (TPSA) is 131 Å². The molecule has 3 rings (SSSR count). The number of nitro benzene ring substituents is 1. The number of hydrazone groups is 1. The van der Waals surface area contributed by atoms with Gasteiger partial charge in [0.25, 0.3) is 11.6 Å². The molecule has 0 radical (unpaired) electrons. The number of nitrogens with one attached hydrogen (secondary N) is 1. The van der Waals surface area contributed by atoms with Crippen LogP contribution in [0.4, 0.5) is 10.1 Å². The van der Waals surface area contributed by atoms with E-state index in [-0.39, 0.29) is 22.6 Å². The highest BCUT2D eigenvalue weighted by atomic mass is 19.1. The number of nitro groups is 1. The van der Waals surface area contributed by atoms with Crippen LogP contribution in [-0.4, -0.2) is 24.2 Å². The van der Waals surface area contributed by atoms with Crippen LogP contribution in [0.3, 0.4) is 0 Å². The molecule has 0 aliphatic heterocycles. The maximum Gasteiger partial charge on any atom is 0.274 e. The first-order chi connectivity index (χ1) is 14.4. The van der Waals surface area contributed by atoms with Gasteiger partial charge in [0.05, 0.1) is 41.0 Å². The minimum absolute atomic E-state index is 0.0900. The molecular formula is C20H13FN4O5.